The summed E-state index contributed by atoms with van der Waals surface area (Å²) in [6.45, 7) is 4.18. The molecule has 404 valence electrons. The first-order valence-corrected chi connectivity index (χ1v) is 29.9. The van der Waals surface area contributed by atoms with Crippen molar-refractivity contribution in [2.24, 2.45) is 0 Å². The smallest absolute Gasteiger partial charge is 0.220 e. The monoisotopic (exact) mass is 980 g/mol. The Morgan fingerprint density at radius 2 is 0.634 bits per heavy atom. The Balaban J connectivity index is 3.67. The van der Waals surface area contributed by atoms with Crippen molar-refractivity contribution >= 4 is 5.91 Å². The predicted octanol–water partition coefficient (Wildman–Crippen LogP) is 20.2. The molecule has 0 radical (unpaired) electrons. The summed E-state index contributed by atoms with van der Waals surface area (Å²) >= 11 is 0. The molecular weight excluding hydrogens is 867 g/mol. The number of carbonyl (C=O) groups excluding carboxylic acids is 1. The molecule has 0 aromatic carbocycles. The highest BCUT2D eigenvalue weighted by molar-refractivity contribution is 5.76. The van der Waals surface area contributed by atoms with Crippen LogP contribution in [-0.4, -0.2) is 34.9 Å². The lowest BCUT2D eigenvalue weighted by Gasteiger charge is -2.19. The van der Waals surface area contributed by atoms with E-state index < -0.39 is 12.1 Å². The fourth-order valence-electron chi connectivity index (χ4n) is 8.36. The van der Waals surface area contributed by atoms with Crippen molar-refractivity contribution in [3.8, 4) is 0 Å². The number of hydrogen-bond acceptors (Lipinski definition) is 3. The third kappa shape index (κ3) is 57.3. The lowest BCUT2D eigenvalue weighted by Crippen LogP contribution is -2.45. The van der Waals surface area contributed by atoms with E-state index in [4.69, 9.17) is 0 Å². The normalized spacial score (nSPS) is 13.8. The molecule has 0 aliphatic rings. The molecule has 0 aromatic rings. The molecular formula is C67H113NO3. The van der Waals surface area contributed by atoms with Crippen LogP contribution in [0, 0.1) is 0 Å². The fraction of sp³-hybridized carbons (Fsp3) is 0.657. The molecule has 4 nitrogen and oxygen atoms in total. The molecule has 0 spiro atoms. The lowest BCUT2D eigenvalue weighted by molar-refractivity contribution is -0.123. The molecule has 0 fully saturated rings. The van der Waals surface area contributed by atoms with E-state index in [9.17, 15) is 15.0 Å². The summed E-state index contributed by atoms with van der Waals surface area (Å²) in [5, 5.41) is 23.2. The van der Waals surface area contributed by atoms with Crippen LogP contribution in [0.2, 0.25) is 0 Å². The van der Waals surface area contributed by atoms with Gasteiger partial charge in [0.2, 0.25) is 5.91 Å². The first kappa shape index (κ1) is 67.5. The Bertz CT molecular complexity index is 1440. The molecule has 71 heavy (non-hydrogen) atoms. The molecule has 4 heteroatoms. The van der Waals surface area contributed by atoms with E-state index >= 15 is 0 Å². The number of rotatable bonds is 53. The van der Waals surface area contributed by atoms with Crippen LogP contribution in [0.3, 0.4) is 0 Å². The molecule has 2 unspecified atom stereocenters. The number of allylic oxidation sites excluding steroid dienone is 21. The number of carbonyl (C=O) groups is 1. The van der Waals surface area contributed by atoms with Crippen LogP contribution >= 0.6 is 0 Å². The number of hydrogen-bond donors (Lipinski definition) is 3. The topological polar surface area (TPSA) is 69.6 Å². The van der Waals surface area contributed by atoms with Gasteiger partial charge in [0.25, 0.3) is 0 Å². The number of unbranched alkanes of at least 4 members (excludes halogenated alkanes) is 26. The highest BCUT2D eigenvalue weighted by atomic mass is 16.3. The Morgan fingerprint density at radius 3 is 0.986 bits per heavy atom. The minimum atomic E-state index is -0.888. The number of aliphatic hydroxyl groups excluding tert-OH is 2. The van der Waals surface area contributed by atoms with Crippen LogP contribution in [0.5, 0.6) is 0 Å². The average molecular weight is 981 g/mol. The van der Waals surface area contributed by atoms with E-state index in [1.165, 1.54) is 141 Å². The minimum absolute atomic E-state index is 0.109. The van der Waals surface area contributed by atoms with Crippen molar-refractivity contribution in [3.63, 3.8) is 0 Å². The second kappa shape index (κ2) is 60.8. The van der Waals surface area contributed by atoms with Crippen molar-refractivity contribution < 1.29 is 15.0 Å². The zero-order valence-electron chi connectivity index (χ0n) is 46.4. The Kier molecular flexibility index (Phi) is 57.9. The zero-order chi connectivity index (χ0) is 51.3. The quantitative estimate of drug-likeness (QED) is 0.0420. The van der Waals surface area contributed by atoms with Gasteiger partial charge in [0.05, 0.1) is 18.8 Å². The Labute approximate surface area is 441 Å². The van der Waals surface area contributed by atoms with E-state index in [1.54, 1.807) is 6.08 Å². The lowest BCUT2D eigenvalue weighted by atomic mass is 10.0. The molecule has 0 bridgehead atoms. The molecule has 0 aliphatic heterocycles. The van der Waals surface area contributed by atoms with Crippen LogP contribution < -0.4 is 5.32 Å². The minimum Gasteiger partial charge on any atom is -0.394 e. The van der Waals surface area contributed by atoms with Gasteiger partial charge in [0.15, 0.2) is 0 Å². The number of amides is 1. The van der Waals surface area contributed by atoms with E-state index in [1.807, 2.05) is 6.08 Å². The summed E-state index contributed by atoms with van der Waals surface area (Å²) in [5.74, 6) is -0.109. The van der Waals surface area contributed by atoms with Crippen LogP contribution in [0.4, 0.5) is 0 Å². The van der Waals surface area contributed by atoms with Crippen LogP contribution in [0.25, 0.3) is 0 Å². The summed E-state index contributed by atoms with van der Waals surface area (Å²) < 4.78 is 0. The number of aliphatic hydroxyl groups is 2. The van der Waals surface area contributed by atoms with Gasteiger partial charge in [-0.25, -0.2) is 0 Å². The maximum absolute atomic E-state index is 12.5. The van der Waals surface area contributed by atoms with Crippen LogP contribution in [0.15, 0.2) is 134 Å². The van der Waals surface area contributed by atoms with Crippen molar-refractivity contribution in [3.05, 3.63) is 134 Å². The molecule has 0 saturated carbocycles. The van der Waals surface area contributed by atoms with Crippen molar-refractivity contribution in [1.82, 2.24) is 5.32 Å². The summed E-state index contributed by atoms with van der Waals surface area (Å²) in [5.41, 5.74) is 0. The van der Waals surface area contributed by atoms with Gasteiger partial charge in [-0.1, -0.05) is 289 Å². The fourth-order valence-corrected chi connectivity index (χ4v) is 8.36. The molecule has 2 atom stereocenters. The Hall–Kier alpha value is -3.47. The van der Waals surface area contributed by atoms with Gasteiger partial charge in [-0.2, -0.15) is 0 Å². The van der Waals surface area contributed by atoms with Gasteiger partial charge < -0.3 is 15.5 Å². The van der Waals surface area contributed by atoms with Gasteiger partial charge >= 0.3 is 0 Å². The van der Waals surface area contributed by atoms with Gasteiger partial charge in [-0.3, -0.25) is 4.79 Å². The Morgan fingerprint density at radius 1 is 0.352 bits per heavy atom. The highest BCUT2D eigenvalue weighted by Gasteiger charge is 2.17. The molecule has 0 aliphatic carbocycles. The van der Waals surface area contributed by atoms with Crippen molar-refractivity contribution in [2.75, 3.05) is 6.61 Å². The second-order valence-corrected chi connectivity index (χ2v) is 19.7. The SMILES string of the molecule is CC/C=C\C/C=C\C/C=C\C/C=C\C/C=C\C/C=C\C/C=C\C/C=C\C/C=C\CCCCCC(=O)NC(CO)C(O)/C=C/CC/C=C/CCCCCCCCCCCCCCCCCCCCCCCC. The van der Waals surface area contributed by atoms with Crippen molar-refractivity contribution in [2.45, 2.75) is 276 Å². The standard InChI is InChI=1S/C67H113NO3/c1-3-5-7-9-11-13-15-17-19-21-23-25-27-29-31-33-34-35-37-39-41-43-45-47-49-51-53-55-57-59-61-63-67(71)68-65(64-69)66(70)62-60-58-56-54-52-50-48-46-44-42-40-38-36-32-30-28-26-24-22-20-18-16-14-12-10-8-6-4-2/h5,7,11,13,17,19,23,25,29,31,34-35,39,41,45,47,51-54,60,62,65-66,69-70H,3-4,6,8-10,12,14-16,18,20-22,24,26-28,30,32-33,36-38,40,42-44,46,48-50,55-59,61,63-64H2,1-2H3,(H,68,71)/b7-5-,13-11-,19-17-,25-23-,31-29-,35-34-,41-39-,47-45-,53-51-,54-52+,62-60+. The third-order valence-electron chi connectivity index (χ3n) is 12.9. The van der Waals surface area contributed by atoms with E-state index in [2.05, 4.69) is 141 Å². The molecule has 3 N–H and O–H groups in total. The van der Waals surface area contributed by atoms with Crippen LogP contribution in [0.1, 0.15) is 264 Å². The zero-order valence-corrected chi connectivity index (χ0v) is 46.4. The second-order valence-electron chi connectivity index (χ2n) is 19.7. The van der Waals surface area contributed by atoms with Gasteiger partial charge in [-0.05, 0) is 103 Å². The first-order chi connectivity index (χ1) is 35.2. The number of nitrogens with one attached hydrogen (secondary N) is 1. The molecule has 0 heterocycles. The summed E-state index contributed by atoms with van der Waals surface area (Å²) in [6.07, 6.45) is 94.8. The molecule has 0 saturated heterocycles. The maximum atomic E-state index is 12.5. The van der Waals surface area contributed by atoms with E-state index in [0.717, 1.165) is 103 Å². The van der Waals surface area contributed by atoms with E-state index in [0.29, 0.717) is 6.42 Å². The molecule has 0 rings (SSSR count). The van der Waals surface area contributed by atoms with Crippen molar-refractivity contribution in [1.29, 1.82) is 0 Å². The van der Waals surface area contributed by atoms with Gasteiger partial charge in [0, 0.05) is 6.42 Å². The molecule has 1 amide bonds. The summed E-state index contributed by atoms with van der Waals surface area (Å²) in [6, 6.07) is -0.669. The largest absolute Gasteiger partial charge is 0.394 e. The predicted molar refractivity (Wildman–Crippen MR) is 317 cm³/mol. The first-order valence-electron chi connectivity index (χ1n) is 29.9. The third-order valence-corrected chi connectivity index (χ3v) is 12.9. The summed E-state index contributed by atoms with van der Waals surface area (Å²) in [4.78, 5) is 12.5. The summed E-state index contributed by atoms with van der Waals surface area (Å²) in [7, 11) is 0. The van der Waals surface area contributed by atoms with Gasteiger partial charge in [-0.15, -0.1) is 0 Å². The van der Waals surface area contributed by atoms with Crippen LogP contribution in [-0.2, 0) is 4.79 Å². The average Bonchev–Trinajstić information content (AvgIpc) is 3.37. The van der Waals surface area contributed by atoms with E-state index in [-0.39, 0.29) is 12.5 Å². The molecule has 0 aromatic heterocycles. The maximum Gasteiger partial charge on any atom is 0.220 e. The van der Waals surface area contributed by atoms with Gasteiger partial charge in [0.1, 0.15) is 0 Å². The highest BCUT2D eigenvalue weighted by Crippen LogP contribution is 2.16.